The Morgan fingerprint density at radius 1 is 1.39 bits per heavy atom. The van der Waals surface area contributed by atoms with Crippen molar-refractivity contribution in [3.8, 4) is 0 Å². The van der Waals surface area contributed by atoms with Crippen molar-refractivity contribution in [1.29, 1.82) is 0 Å². The number of ether oxygens (including phenoxy) is 4. The Kier molecular flexibility index (Phi) is 6.93. The van der Waals surface area contributed by atoms with E-state index in [0.717, 1.165) is 32.8 Å². The van der Waals surface area contributed by atoms with E-state index in [0.29, 0.717) is 12.2 Å². The van der Waals surface area contributed by atoms with Gasteiger partial charge in [-0.15, -0.1) is 0 Å². The second kappa shape index (κ2) is 8.24. The van der Waals surface area contributed by atoms with E-state index in [2.05, 4.69) is 6.58 Å². The van der Waals surface area contributed by atoms with Crippen LogP contribution in [0.3, 0.4) is 0 Å². The standard InChI is InChI=1S/C7H12O2.C6H10O3/c1-4-6(3)9-7(8)5-2;1(5-3-8-5)7-2-6-4-9-6/h5-6H,2,4H2,1,3H3;5-6H,1-4H2. The molecular formula is C13H22O5. The topological polar surface area (TPSA) is 60.6 Å². The van der Waals surface area contributed by atoms with Gasteiger partial charge in [0.25, 0.3) is 0 Å². The number of hydrogen-bond acceptors (Lipinski definition) is 5. The first kappa shape index (κ1) is 15.1. The zero-order valence-corrected chi connectivity index (χ0v) is 11.1. The van der Waals surface area contributed by atoms with Crippen molar-refractivity contribution >= 4 is 5.97 Å². The van der Waals surface area contributed by atoms with Crippen molar-refractivity contribution in [2.45, 2.75) is 38.6 Å². The summed E-state index contributed by atoms with van der Waals surface area (Å²) in [6.07, 6.45) is 2.81. The quantitative estimate of drug-likeness (QED) is 0.391. The molecule has 2 aliphatic heterocycles. The normalized spacial score (nSPS) is 25.4. The fourth-order valence-electron chi connectivity index (χ4n) is 0.989. The van der Waals surface area contributed by atoms with Crippen LogP contribution in [0.15, 0.2) is 12.7 Å². The molecule has 0 spiro atoms. The molecular weight excluding hydrogens is 236 g/mol. The molecule has 5 nitrogen and oxygen atoms in total. The van der Waals surface area contributed by atoms with E-state index >= 15 is 0 Å². The molecule has 0 aromatic heterocycles. The number of rotatable bonds is 7. The molecule has 2 heterocycles. The van der Waals surface area contributed by atoms with Crippen molar-refractivity contribution in [2.75, 3.05) is 26.4 Å². The first-order valence-electron chi connectivity index (χ1n) is 6.29. The zero-order chi connectivity index (χ0) is 13.4. The van der Waals surface area contributed by atoms with Crippen LogP contribution in [0.2, 0.25) is 0 Å². The summed E-state index contributed by atoms with van der Waals surface area (Å²) >= 11 is 0. The van der Waals surface area contributed by atoms with Crippen molar-refractivity contribution in [3.63, 3.8) is 0 Å². The van der Waals surface area contributed by atoms with Crippen LogP contribution in [0.1, 0.15) is 20.3 Å². The summed E-state index contributed by atoms with van der Waals surface area (Å²) in [5.41, 5.74) is 0. The Morgan fingerprint density at radius 2 is 1.89 bits per heavy atom. The SMILES string of the molecule is C(OCC1CO1)C1CO1.C=CC(=O)OC(C)CC. The van der Waals surface area contributed by atoms with Gasteiger partial charge in [-0.1, -0.05) is 13.5 Å². The molecule has 0 N–H and O–H groups in total. The molecule has 18 heavy (non-hydrogen) atoms. The number of carbonyl (C=O) groups is 1. The summed E-state index contributed by atoms with van der Waals surface area (Å²) in [6.45, 7) is 10.3. The fraction of sp³-hybridized carbons (Fsp3) is 0.769. The molecule has 2 saturated heterocycles. The third-order valence-electron chi connectivity index (χ3n) is 2.47. The van der Waals surface area contributed by atoms with Crippen molar-refractivity contribution < 1.29 is 23.7 Å². The largest absolute Gasteiger partial charge is 0.460 e. The zero-order valence-electron chi connectivity index (χ0n) is 11.1. The third-order valence-corrected chi connectivity index (χ3v) is 2.47. The lowest BCUT2D eigenvalue weighted by molar-refractivity contribution is -0.142. The molecule has 2 rings (SSSR count). The first-order chi connectivity index (χ1) is 8.65. The van der Waals surface area contributed by atoms with E-state index in [9.17, 15) is 4.79 Å². The predicted octanol–water partition coefficient (Wildman–Crippen LogP) is 1.31. The predicted molar refractivity (Wildman–Crippen MR) is 66.3 cm³/mol. The van der Waals surface area contributed by atoms with Gasteiger partial charge in [0.2, 0.25) is 0 Å². The lowest BCUT2D eigenvalue weighted by atomic mass is 10.3. The Hall–Kier alpha value is -0.910. The van der Waals surface area contributed by atoms with Gasteiger partial charge >= 0.3 is 5.97 Å². The van der Waals surface area contributed by atoms with Gasteiger partial charge in [-0.2, -0.15) is 0 Å². The van der Waals surface area contributed by atoms with Crippen molar-refractivity contribution in [3.05, 3.63) is 12.7 Å². The minimum Gasteiger partial charge on any atom is -0.460 e. The number of esters is 1. The molecule has 0 amide bonds. The van der Waals surface area contributed by atoms with Gasteiger partial charge < -0.3 is 18.9 Å². The highest BCUT2D eigenvalue weighted by molar-refractivity contribution is 5.81. The van der Waals surface area contributed by atoms with Gasteiger partial charge in [0, 0.05) is 6.08 Å². The molecule has 3 atom stereocenters. The van der Waals surface area contributed by atoms with Crippen LogP contribution < -0.4 is 0 Å². The number of hydrogen-bond donors (Lipinski definition) is 0. The lowest BCUT2D eigenvalue weighted by Crippen LogP contribution is -2.10. The van der Waals surface area contributed by atoms with Gasteiger partial charge in [-0.3, -0.25) is 0 Å². The van der Waals surface area contributed by atoms with Crippen LogP contribution in [-0.4, -0.2) is 50.7 Å². The van der Waals surface area contributed by atoms with Gasteiger partial charge in [0.1, 0.15) is 12.2 Å². The average Bonchev–Trinajstić information content (AvgIpc) is 3.23. The maximum atomic E-state index is 10.4. The minimum atomic E-state index is -0.343. The highest BCUT2D eigenvalue weighted by atomic mass is 16.6. The van der Waals surface area contributed by atoms with Crippen molar-refractivity contribution in [2.24, 2.45) is 0 Å². The Morgan fingerprint density at radius 3 is 2.22 bits per heavy atom. The molecule has 2 aliphatic rings. The molecule has 0 radical (unpaired) electrons. The molecule has 3 unspecified atom stereocenters. The van der Waals surface area contributed by atoms with E-state index in [1.54, 1.807) is 0 Å². The Bertz CT molecular complexity index is 246. The molecule has 0 bridgehead atoms. The van der Waals surface area contributed by atoms with Crippen LogP contribution in [0.5, 0.6) is 0 Å². The monoisotopic (exact) mass is 258 g/mol. The molecule has 5 heteroatoms. The van der Waals surface area contributed by atoms with E-state index < -0.39 is 0 Å². The second-order valence-electron chi connectivity index (χ2n) is 4.31. The fourth-order valence-corrected chi connectivity index (χ4v) is 0.989. The summed E-state index contributed by atoms with van der Waals surface area (Å²) in [4.78, 5) is 10.4. The summed E-state index contributed by atoms with van der Waals surface area (Å²) in [7, 11) is 0. The maximum absolute atomic E-state index is 10.4. The van der Waals surface area contributed by atoms with E-state index in [1.807, 2.05) is 13.8 Å². The van der Waals surface area contributed by atoms with Gasteiger partial charge in [-0.25, -0.2) is 4.79 Å². The van der Waals surface area contributed by atoms with Gasteiger partial charge in [0.05, 0.1) is 32.5 Å². The number of carbonyl (C=O) groups excluding carboxylic acids is 1. The van der Waals surface area contributed by atoms with Gasteiger partial charge in [0.15, 0.2) is 0 Å². The van der Waals surface area contributed by atoms with Crippen LogP contribution in [0, 0.1) is 0 Å². The van der Waals surface area contributed by atoms with Crippen LogP contribution in [0.25, 0.3) is 0 Å². The molecule has 0 aromatic carbocycles. The molecule has 0 aromatic rings. The average molecular weight is 258 g/mol. The summed E-state index contributed by atoms with van der Waals surface area (Å²) in [5, 5.41) is 0. The minimum absolute atomic E-state index is 0.00972. The van der Waals surface area contributed by atoms with Crippen LogP contribution >= 0.6 is 0 Å². The summed E-state index contributed by atoms with van der Waals surface area (Å²) in [5.74, 6) is -0.343. The highest BCUT2D eigenvalue weighted by Crippen LogP contribution is 2.12. The summed E-state index contributed by atoms with van der Waals surface area (Å²) < 4.78 is 19.9. The smallest absolute Gasteiger partial charge is 0.330 e. The van der Waals surface area contributed by atoms with E-state index in [-0.39, 0.29) is 12.1 Å². The Labute approximate surface area is 108 Å². The molecule has 104 valence electrons. The van der Waals surface area contributed by atoms with Crippen molar-refractivity contribution in [1.82, 2.24) is 0 Å². The first-order valence-corrected chi connectivity index (χ1v) is 6.29. The van der Waals surface area contributed by atoms with Gasteiger partial charge in [-0.05, 0) is 13.3 Å². The number of epoxide rings is 2. The molecule has 0 aliphatic carbocycles. The summed E-state index contributed by atoms with van der Waals surface area (Å²) in [6, 6.07) is 0. The second-order valence-corrected chi connectivity index (χ2v) is 4.31. The van der Waals surface area contributed by atoms with Crippen LogP contribution in [-0.2, 0) is 23.7 Å². The van der Waals surface area contributed by atoms with E-state index in [4.69, 9.17) is 18.9 Å². The third kappa shape index (κ3) is 8.22. The highest BCUT2D eigenvalue weighted by Gasteiger charge is 2.26. The van der Waals surface area contributed by atoms with E-state index in [1.165, 1.54) is 6.08 Å². The Balaban J connectivity index is 0.000000180. The maximum Gasteiger partial charge on any atom is 0.330 e. The molecule has 2 fully saturated rings. The van der Waals surface area contributed by atoms with Crippen LogP contribution in [0.4, 0.5) is 0 Å². The lowest BCUT2D eigenvalue weighted by Gasteiger charge is -2.07. The molecule has 0 saturated carbocycles.